The maximum Gasteiger partial charge on any atom is 0.214 e. The Morgan fingerprint density at radius 3 is 2.75 bits per heavy atom. The Bertz CT molecular complexity index is 398. The normalized spacial score (nSPS) is 19.2. The van der Waals surface area contributed by atoms with Gasteiger partial charge in [0.1, 0.15) is 0 Å². The summed E-state index contributed by atoms with van der Waals surface area (Å²) in [5.41, 5.74) is 0. The van der Waals surface area contributed by atoms with Crippen LogP contribution in [-0.4, -0.2) is 70.4 Å². The molecular weight excluding hydrogens is 280 g/mol. The van der Waals surface area contributed by atoms with Crippen molar-refractivity contribution in [1.82, 2.24) is 14.9 Å². The van der Waals surface area contributed by atoms with E-state index in [0.29, 0.717) is 45.4 Å². The van der Waals surface area contributed by atoms with Crippen LogP contribution in [0.15, 0.2) is 4.99 Å². The van der Waals surface area contributed by atoms with Gasteiger partial charge in [-0.05, 0) is 20.3 Å². The SMILES string of the molecule is CCNC(=NCCN1CCCS1(=O)=O)NCCOCC. The number of hydrogen-bond acceptors (Lipinski definition) is 4. The molecule has 0 aromatic carbocycles. The number of guanidine groups is 1. The highest BCUT2D eigenvalue weighted by atomic mass is 32.2. The minimum Gasteiger partial charge on any atom is -0.380 e. The van der Waals surface area contributed by atoms with Gasteiger partial charge >= 0.3 is 0 Å². The summed E-state index contributed by atoms with van der Waals surface area (Å²) in [5, 5.41) is 6.27. The third kappa shape index (κ3) is 6.06. The van der Waals surface area contributed by atoms with Crippen LogP contribution < -0.4 is 10.6 Å². The molecule has 1 aliphatic rings. The van der Waals surface area contributed by atoms with Crippen molar-refractivity contribution in [3.8, 4) is 0 Å². The lowest BCUT2D eigenvalue weighted by Crippen LogP contribution is -2.39. The predicted molar refractivity (Wildman–Crippen MR) is 80.5 cm³/mol. The van der Waals surface area contributed by atoms with Crippen molar-refractivity contribution in [3.05, 3.63) is 0 Å². The molecule has 0 atom stereocenters. The molecule has 0 aromatic heterocycles. The monoisotopic (exact) mass is 306 g/mol. The molecule has 118 valence electrons. The van der Waals surface area contributed by atoms with Crippen LogP contribution in [0.5, 0.6) is 0 Å². The number of rotatable bonds is 8. The molecule has 0 bridgehead atoms. The summed E-state index contributed by atoms with van der Waals surface area (Å²) in [7, 11) is -3.02. The van der Waals surface area contributed by atoms with Crippen LogP contribution in [0.2, 0.25) is 0 Å². The van der Waals surface area contributed by atoms with Gasteiger partial charge < -0.3 is 15.4 Å². The molecule has 0 radical (unpaired) electrons. The van der Waals surface area contributed by atoms with Gasteiger partial charge in [0, 0.05) is 32.8 Å². The Morgan fingerprint density at radius 1 is 1.35 bits per heavy atom. The van der Waals surface area contributed by atoms with Crippen LogP contribution in [0.1, 0.15) is 20.3 Å². The summed E-state index contributed by atoms with van der Waals surface area (Å²) in [4.78, 5) is 4.37. The standard InChI is InChI=1S/C12H26N4O3S/c1-3-13-12(15-7-10-19-4-2)14-6-9-16-8-5-11-20(16,17)18/h3-11H2,1-2H3,(H2,13,14,15). The van der Waals surface area contributed by atoms with E-state index in [0.717, 1.165) is 13.0 Å². The quantitative estimate of drug-likeness (QED) is 0.363. The van der Waals surface area contributed by atoms with Crippen LogP contribution in [-0.2, 0) is 14.8 Å². The van der Waals surface area contributed by atoms with Gasteiger partial charge in [-0.1, -0.05) is 0 Å². The third-order valence-electron chi connectivity index (χ3n) is 2.91. The van der Waals surface area contributed by atoms with Gasteiger partial charge in [0.2, 0.25) is 10.0 Å². The van der Waals surface area contributed by atoms with E-state index in [9.17, 15) is 8.42 Å². The van der Waals surface area contributed by atoms with Gasteiger partial charge in [-0.25, -0.2) is 12.7 Å². The number of nitrogens with one attached hydrogen (secondary N) is 2. The second-order valence-electron chi connectivity index (χ2n) is 4.45. The molecule has 7 nitrogen and oxygen atoms in total. The molecule has 1 heterocycles. The van der Waals surface area contributed by atoms with Gasteiger partial charge in [0.15, 0.2) is 5.96 Å². The Hall–Kier alpha value is -0.860. The fourth-order valence-corrected chi connectivity index (χ4v) is 3.46. The van der Waals surface area contributed by atoms with Crippen molar-refractivity contribution in [2.24, 2.45) is 4.99 Å². The fraction of sp³-hybridized carbons (Fsp3) is 0.917. The van der Waals surface area contributed by atoms with E-state index in [-0.39, 0.29) is 5.75 Å². The number of nitrogens with zero attached hydrogens (tertiary/aromatic N) is 2. The van der Waals surface area contributed by atoms with Crippen molar-refractivity contribution in [1.29, 1.82) is 0 Å². The van der Waals surface area contributed by atoms with E-state index in [2.05, 4.69) is 15.6 Å². The van der Waals surface area contributed by atoms with Crippen LogP contribution in [0.3, 0.4) is 0 Å². The number of aliphatic imine (C=N–C) groups is 1. The Kier molecular flexibility index (Phi) is 7.86. The third-order valence-corrected chi connectivity index (χ3v) is 4.87. The molecule has 0 spiro atoms. The highest BCUT2D eigenvalue weighted by Gasteiger charge is 2.27. The predicted octanol–water partition coefficient (Wildman–Crippen LogP) is -0.386. The van der Waals surface area contributed by atoms with Gasteiger partial charge in [0.25, 0.3) is 0 Å². The van der Waals surface area contributed by atoms with E-state index >= 15 is 0 Å². The Morgan fingerprint density at radius 2 is 2.15 bits per heavy atom. The summed E-state index contributed by atoms with van der Waals surface area (Å²) < 4.78 is 30.0. The summed E-state index contributed by atoms with van der Waals surface area (Å²) in [6, 6.07) is 0. The molecule has 0 aliphatic carbocycles. The molecule has 8 heteroatoms. The molecule has 2 N–H and O–H groups in total. The van der Waals surface area contributed by atoms with Crippen molar-refractivity contribution in [2.75, 3.05) is 51.7 Å². The van der Waals surface area contributed by atoms with E-state index in [1.165, 1.54) is 4.31 Å². The maximum atomic E-state index is 11.6. The molecular formula is C12H26N4O3S. The molecule has 1 aliphatic heterocycles. The van der Waals surface area contributed by atoms with Crippen molar-refractivity contribution in [2.45, 2.75) is 20.3 Å². The van der Waals surface area contributed by atoms with E-state index in [1.807, 2.05) is 13.8 Å². The number of hydrogen-bond donors (Lipinski definition) is 2. The summed E-state index contributed by atoms with van der Waals surface area (Å²) in [6.45, 7) is 8.24. The van der Waals surface area contributed by atoms with Gasteiger partial charge in [0.05, 0.1) is 18.9 Å². The largest absolute Gasteiger partial charge is 0.380 e. The molecule has 1 fully saturated rings. The molecule has 0 saturated carbocycles. The molecule has 0 aromatic rings. The first-order chi connectivity index (χ1) is 9.60. The van der Waals surface area contributed by atoms with Crippen LogP contribution in [0.25, 0.3) is 0 Å². The van der Waals surface area contributed by atoms with Crippen molar-refractivity contribution >= 4 is 16.0 Å². The lowest BCUT2D eigenvalue weighted by Gasteiger charge is -2.14. The highest BCUT2D eigenvalue weighted by Crippen LogP contribution is 2.12. The Labute approximate surface area is 121 Å². The van der Waals surface area contributed by atoms with Crippen LogP contribution in [0.4, 0.5) is 0 Å². The number of sulfonamides is 1. The van der Waals surface area contributed by atoms with Gasteiger partial charge in [-0.3, -0.25) is 4.99 Å². The minimum absolute atomic E-state index is 0.267. The van der Waals surface area contributed by atoms with E-state index in [4.69, 9.17) is 4.74 Å². The zero-order valence-electron chi connectivity index (χ0n) is 12.4. The van der Waals surface area contributed by atoms with Gasteiger partial charge in [-0.2, -0.15) is 0 Å². The Balaban J connectivity index is 2.34. The first kappa shape index (κ1) is 17.2. The van der Waals surface area contributed by atoms with Crippen molar-refractivity contribution < 1.29 is 13.2 Å². The van der Waals surface area contributed by atoms with Crippen LogP contribution >= 0.6 is 0 Å². The van der Waals surface area contributed by atoms with Crippen molar-refractivity contribution in [3.63, 3.8) is 0 Å². The molecule has 20 heavy (non-hydrogen) atoms. The summed E-state index contributed by atoms with van der Waals surface area (Å²) >= 11 is 0. The fourth-order valence-electron chi connectivity index (χ4n) is 1.94. The average Bonchev–Trinajstić information content (AvgIpc) is 2.74. The first-order valence-corrected chi connectivity index (χ1v) is 8.78. The molecule has 1 rings (SSSR count). The smallest absolute Gasteiger partial charge is 0.214 e. The first-order valence-electron chi connectivity index (χ1n) is 7.18. The molecule has 0 amide bonds. The zero-order valence-corrected chi connectivity index (χ0v) is 13.2. The van der Waals surface area contributed by atoms with E-state index < -0.39 is 10.0 Å². The second kappa shape index (κ2) is 9.15. The summed E-state index contributed by atoms with van der Waals surface area (Å²) in [5.74, 6) is 0.965. The maximum absolute atomic E-state index is 11.6. The van der Waals surface area contributed by atoms with Crippen LogP contribution in [0, 0.1) is 0 Å². The number of ether oxygens (including phenoxy) is 1. The van der Waals surface area contributed by atoms with Gasteiger partial charge in [-0.15, -0.1) is 0 Å². The molecule has 0 unspecified atom stereocenters. The highest BCUT2D eigenvalue weighted by molar-refractivity contribution is 7.89. The minimum atomic E-state index is -3.02. The summed E-state index contributed by atoms with van der Waals surface area (Å²) in [6.07, 6.45) is 0.721. The van der Waals surface area contributed by atoms with E-state index in [1.54, 1.807) is 0 Å². The lowest BCUT2D eigenvalue weighted by atomic mass is 10.5. The lowest BCUT2D eigenvalue weighted by molar-refractivity contribution is 0.152. The topological polar surface area (TPSA) is 83.0 Å². The zero-order chi connectivity index (χ0) is 14.8. The average molecular weight is 306 g/mol. The molecule has 1 saturated heterocycles. The second-order valence-corrected chi connectivity index (χ2v) is 6.54.